The number of aryl methyl sites for hydroxylation is 1. The average molecular weight is 300 g/mol. The van der Waals surface area contributed by atoms with Crippen LogP contribution >= 0.6 is 27.3 Å². The Kier molecular flexibility index (Phi) is 3.78. The zero-order valence-corrected chi connectivity index (χ0v) is 11.7. The van der Waals surface area contributed by atoms with Crippen LogP contribution in [0.15, 0.2) is 22.1 Å². The second-order valence-corrected chi connectivity index (χ2v) is 5.49. The molecule has 0 radical (unpaired) electrons. The molecule has 0 bridgehead atoms. The Morgan fingerprint density at radius 1 is 1.56 bits per heavy atom. The van der Waals surface area contributed by atoms with Crippen LogP contribution < -0.4 is 5.32 Å². The highest BCUT2D eigenvalue weighted by Crippen LogP contribution is 2.31. The van der Waals surface area contributed by atoms with Gasteiger partial charge in [-0.25, -0.2) is 0 Å². The van der Waals surface area contributed by atoms with E-state index in [9.17, 15) is 0 Å². The van der Waals surface area contributed by atoms with Gasteiger partial charge in [-0.1, -0.05) is 0 Å². The lowest BCUT2D eigenvalue weighted by atomic mass is 10.1. The number of hydrogen-bond acceptors (Lipinski definition) is 3. The summed E-state index contributed by atoms with van der Waals surface area (Å²) in [5.41, 5.74) is 2.40. The molecule has 3 nitrogen and oxygen atoms in total. The van der Waals surface area contributed by atoms with Gasteiger partial charge >= 0.3 is 0 Å². The maximum atomic E-state index is 4.53. The van der Waals surface area contributed by atoms with Crippen molar-refractivity contribution in [2.24, 2.45) is 7.05 Å². The molecule has 0 fully saturated rings. The third-order valence-corrected chi connectivity index (χ3v) is 4.05. The summed E-state index contributed by atoms with van der Waals surface area (Å²) >= 11 is 5.20. The van der Waals surface area contributed by atoms with Crippen LogP contribution in [0.3, 0.4) is 0 Å². The molecule has 0 saturated heterocycles. The van der Waals surface area contributed by atoms with Gasteiger partial charge in [-0.3, -0.25) is 4.68 Å². The van der Waals surface area contributed by atoms with Crippen molar-refractivity contribution in [3.63, 3.8) is 0 Å². The molecule has 16 heavy (non-hydrogen) atoms. The predicted molar refractivity (Wildman–Crippen MR) is 71.9 cm³/mol. The zero-order chi connectivity index (χ0) is 11.5. The molecule has 0 amide bonds. The fourth-order valence-corrected chi connectivity index (χ4v) is 3.07. The van der Waals surface area contributed by atoms with Crippen LogP contribution in [0.1, 0.15) is 5.56 Å². The molecule has 0 spiro atoms. The summed E-state index contributed by atoms with van der Waals surface area (Å²) in [7, 11) is 3.94. The predicted octanol–water partition coefficient (Wildman–Crippen LogP) is 2.67. The minimum absolute atomic E-state index is 0.977. The minimum atomic E-state index is 0.977. The van der Waals surface area contributed by atoms with Gasteiger partial charge in [-0.05, 0) is 42.0 Å². The van der Waals surface area contributed by atoms with E-state index in [0.717, 1.165) is 23.1 Å². The van der Waals surface area contributed by atoms with E-state index in [1.54, 1.807) is 11.3 Å². The average Bonchev–Trinajstić information content (AvgIpc) is 2.81. The fourth-order valence-electron chi connectivity index (χ4n) is 1.62. The van der Waals surface area contributed by atoms with Crippen LogP contribution in [0.4, 0.5) is 0 Å². The highest BCUT2D eigenvalue weighted by Gasteiger charge is 2.11. The van der Waals surface area contributed by atoms with Crippen molar-refractivity contribution >= 4 is 27.3 Å². The number of halogens is 1. The first-order valence-electron chi connectivity index (χ1n) is 5.12. The van der Waals surface area contributed by atoms with Crippen LogP contribution in [0.5, 0.6) is 0 Å². The van der Waals surface area contributed by atoms with Crippen LogP contribution in [-0.4, -0.2) is 23.4 Å². The van der Waals surface area contributed by atoms with Gasteiger partial charge in [0.2, 0.25) is 0 Å². The van der Waals surface area contributed by atoms with Crippen molar-refractivity contribution in [3.05, 3.63) is 27.7 Å². The maximum Gasteiger partial charge on any atom is 0.105 e. The maximum absolute atomic E-state index is 4.53. The molecule has 0 aromatic carbocycles. The summed E-state index contributed by atoms with van der Waals surface area (Å²) in [6, 6.07) is 2.12. The minimum Gasteiger partial charge on any atom is -0.319 e. The Balaban J connectivity index is 2.32. The molecule has 5 heteroatoms. The lowest BCUT2D eigenvalue weighted by Gasteiger charge is -1.99. The summed E-state index contributed by atoms with van der Waals surface area (Å²) < 4.78 is 3.01. The molecule has 2 rings (SSSR count). The summed E-state index contributed by atoms with van der Waals surface area (Å²) in [5, 5.41) is 9.78. The van der Waals surface area contributed by atoms with Gasteiger partial charge in [0.25, 0.3) is 0 Å². The number of thiophene rings is 1. The molecule has 2 heterocycles. The lowest BCUT2D eigenvalue weighted by molar-refractivity contribution is 0.765. The van der Waals surface area contributed by atoms with E-state index in [1.807, 2.05) is 18.8 Å². The van der Waals surface area contributed by atoms with Crippen molar-refractivity contribution < 1.29 is 0 Å². The zero-order valence-electron chi connectivity index (χ0n) is 9.33. The third-order valence-electron chi connectivity index (χ3n) is 2.35. The van der Waals surface area contributed by atoms with Crippen LogP contribution in [-0.2, 0) is 13.5 Å². The van der Waals surface area contributed by atoms with Crippen LogP contribution in [0, 0.1) is 0 Å². The summed E-state index contributed by atoms with van der Waals surface area (Å²) in [6.45, 7) is 0.977. The highest BCUT2D eigenvalue weighted by atomic mass is 79.9. The number of nitrogens with one attached hydrogen (secondary N) is 1. The van der Waals surface area contributed by atoms with Gasteiger partial charge in [0, 0.05) is 28.7 Å². The Morgan fingerprint density at radius 3 is 3.00 bits per heavy atom. The number of rotatable bonds is 4. The molecule has 0 aliphatic carbocycles. The first kappa shape index (κ1) is 11.8. The number of hydrogen-bond donors (Lipinski definition) is 1. The smallest absolute Gasteiger partial charge is 0.105 e. The summed E-state index contributed by atoms with van der Waals surface area (Å²) in [6.07, 6.45) is 3.11. The van der Waals surface area contributed by atoms with Crippen LogP contribution in [0.2, 0.25) is 0 Å². The number of nitrogens with zero attached hydrogens (tertiary/aromatic N) is 2. The topological polar surface area (TPSA) is 29.9 Å². The molecule has 0 aliphatic heterocycles. The first-order chi connectivity index (χ1) is 7.70. The molecule has 86 valence electrons. The Bertz CT molecular complexity index is 475. The molecule has 2 aromatic rings. The molecule has 0 atom stereocenters. The summed E-state index contributed by atoms with van der Waals surface area (Å²) in [5.74, 6) is 0. The van der Waals surface area contributed by atoms with E-state index in [4.69, 9.17) is 0 Å². The molecular formula is C11H14BrN3S. The Hall–Kier alpha value is -0.650. The van der Waals surface area contributed by atoms with Crippen molar-refractivity contribution in [2.75, 3.05) is 13.6 Å². The molecule has 2 aromatic heterocycles. The van der Waals surface area contributed by atoms with Gasteiger partial charge in [-0.2, -0.15) is 5.10 Å². The number of likely N-dealkylation sites (N-methyl/N-ethyl adjacent to an activating group) is 1. The molecule has 1 N–H and O–H groups in total. The Morgan fingerprint density at radius 2 is 2.38 bits per heavy atom. The number of aromatic nitrogens is 2. The second kappa shape index (κ2) is 5.12. The van der Waals surface area contributed by atoms with E-state index >= 15 is 0 Å². The van der Waals surface area contributed by atoms with E-state index in [-0.39, 0.29) is 0 Å². The SMILES string of the molecule is CNCCc1cn(C)nc1-c1cc(Br)cs1. The Labute approximate surface area is 108 Å². The quantitative estimate of drug-likeness (QED) is 0.941. The van der Waals surface area contributed by atoms with Crippen molar-refractivity contribution in [1.29, 1.82) is 0 Å². The van der Waals surface area contributed by atoms with E-state index in [2.05, 4.69) is 44.0 Å². The van der Waals surface area contributed by atoms with Gasteiger partial charge in [-0.15, -0.1) is 11.3 Å². The van der Waals surface area contributed by atoms with Gasteiger partial charge in [0.05, 0.1) is 4.88 Å². The first-order valence-corrected chi connectivity index (χ1v) is 6.79. The van der Waals surface area contributed by atoms with E-state index in [0.29, 0.717) is 0 Å². The standard InChI is InChI=1S/C11H14BrN3S/c1-13-4-3-8-6-15(2)14-11(8)10-5-9(12)7-16-10/h5-7,13H,3-4H2,1-2H3. The molecule has 0 unspecified atom stereocenters. The molecule has 0 saturated carbocycles. The van der Waals surface area contributed by atoms with Crippen LogP contribution in [0.25, 0.3) is 10.6 Å². The van der Waals surface area contributed by atoms with Gasteiger partial charge in [0.1, 0.15) is 5.69 Å². The normalized spacial score (nSPS) is 10.9. The third kappa shape index (κ3) is 2.53. The molecular weight excluding hydrogens is 286 g/mol. The van der Waals surface area contributed by atoms with Crippen molar-refractivity contribution in [2.45, 2.75) is 6.42 Å². The lowest BCUT2D eigenvalue weighted by Crippen LogP contribution is -2.10. The highest BCUT2D eigenvalue weighted by molar-refractivity contribution is 9.10. The molecule has 0 aliphatic rings. The monoisotopic (exact) mass is 299 g/mol. The van der Waals surface area contributed by atoms with Gasteiger partial charge < -0.3 is 5.32 Å². The largest absolute Gasteiger partial charge is 0.319 e. The van der Waals surface area contributed by atoms with Gasteiger partial charge in [0.15, 0.2) is 0 Å². The summed E-state index contributed by atoms with van der Waals surface area (Å²) in [4.78, 5) is 1.22. The fraction of sp³-hybridized carbons (Fsp3) is 0.364. The second-order valence-electron chi connectivity index (χ2n) is 3.66. The van der Waals surface area contributed by atoms with Crippen molar-refractivity contribution in [1.82, 2.24) is 15.1 Å². The van der Waals surface area contributed by atoms with E-state index in [1.165, 1.54) is 10.4 Å². The van der Waals surface area contributed by atoms with Crippen molar-refractivity contribution in [3.8, 4) is 10.6 Å². The van der Waals surface area contributed by atoms with E-state index < -0.39 is 0 Å².